The first-order chi connectivity index (χ1) is 7.37. The third kappa shape index (κ3) is 2.77. The van der Waals surface area contributed by atoms with E-state index in [0.29, 0.717) is 10.00 Å². The SMILES string of the molecule is CN(CC(F)F)S(=O)(=O)c1c[nH]c(CO)c1. The topological polar surface area (TPSA) is 73.4 Å². The van der Waals surface area contributed by atoms with E-state index in [9.17, 15) is 17.2 Å². The Hall–Kier alpha value is -0.990. The highest BCUT2D eigenvalue weighted by Crippen LogP contribution is 2.16. The highest BCUT2D eigenvalue weighted by Gasteiger charge is 2.24. The van der Waals surface area contributed by atoms with Crippen LogP contribution in [-0.4, -0.2) is 42.8 Å². The Balaban J connectivity index is 2.92. The quantitative estimate of drug-likeness (QED) is 0.798. The van der Waals surface area contributed by atoms with Crippen molar-refractivity contribution in [2.24, 2.45) is 0 Å². The molecule has 0 fully saturated rings. The normalized spacial score (nSPS) is 12.6. The minimum absolute atomic E-state index is 0.139. The first-order valence-electron chi connectivity index (χ1n) is 4.40. The summed E-state index contributed by atoms with van der Waals surface area (Å²) in [5.74, 6) is 0. The number of aromatic nitrogens is 1. The number of halogens is 2. The van der Waals surface area contributed by atoms with Gasteiger partial charge in [-0.3, -0.25) is 0 Å². The fourth-order valence-corrected chi connectivity index (χ4v) is 2.30. The molecule has 0 atom stereocenters. The van der Waals surface area contributed by atoms with Crippen LogP contribution >= 0.6 is 0 Å². The third-order valence-electron chi connectivity index (χ3n) is 1.99. The average Bonchev–Trinajstić information content (AvgIpc) is 2.65. The van der Waals surface area contributed by atoms with Crippen LogP contribution in [0.15, 0.2) is 17.2 Å². The van der Waals surface area contributed by atoms with Gasteiger partial charge < -0.3 is 10.1 Å². The zero-order chi connectivity index (χ0) is 12.3. The van der Waals surface area contributed by atoms with Crippen LogP contribution in [0.5, 0.6) is 0 Å². The smallest absolute Gasteiger partial charge is 0.252 e. The van der Waals surface area contributed by atoms with Crippen molar-refractivity contribution in [3.63, 3.8) is 0 Å². The van der Waals surface area contributed by atoms with Gasteiger partial charge in [0.2, 0.25) is 10.0 Å². The summed E-state index contributed by atoms with van der Waals surface area (Å²) in [6.07, 6.45) is -1.57. The van der Waals surface area contributed by atoms with Crippen molar-refractivity contribution in [1.82, 2.24) is 9.29 Å². The molecule has 1 aromatic rings. The summed E-state index contributed by atoms with van der Waals surface area (Å²) < 4.78 is 48.0. The van der Waals surface area contributed by atoms with Crippen molar-refractivity contribution >= 4 is 10.0 Å². The number of aliphatic hydroxyl groups is 1. The number of alkyl halides is 2. The number of hydrogen-bond acceptors (Lipinski definition) is 3. The number of rotatable bonds is 5. The minimum atomic E-state index is -3.91. The van der Waals surface area contributed by atoms with Gasteiger partial charge in [-0.25, -0.2) is 17.2 Å². The van der Waals surface area contributed by atoms with Crippen molar-refractivity contribution in [1.29, 1.82) is 0 Å². The molecular formula is C8H12F2N2O3S. The second kappa shape index (κ2) is 4.89. The monoisotopic (exact) mass is 254 g/mol. The number of nitrogens with zero attached hydrogens (tertiary/aromatic N) is 1. The van der Waals surface area contributed by atoms with E-state index in [-0.39, 0.29) is 11.5 Å². The second-order valence-electron chi connectivity index (χ2n) is 3.20. The van der Waals surface area contributed by atoms with E-state index in [4.69, 9.17) is 5.11 Å². The predicted octanol–water partition coefficient (Wildman–Crippen LogP) is 0.393. The molecule has 0 spiro atoms. The van der Waals surface area contributed by atoms with Crippen molar-refractivity contribution < 1.29 is 22.3 Å². The number of H-pyrrole nitrogens is 1. The van der Waals surface area contributed by atoms with Crippen molar-refractivity contribution in [3.8, 4) is 0 Å². The second-order valence-corrected chi connectivity index (χ2v) is 5.24. The Morgan fingerprint density at radius 1 is 1.56 bits per heavy atom. The lowest BCUT2D eigenvalue weighted by molar-refractivity contribution is 0.126. The molecule has 0 aliphatic heterocycles. The maximum absolute atomic E-state index is 12.0. The van der Waals surface area contributed by atoms with Gasteiger partial charge >= 0.3 is 0 Å². The molecule has 2 N–H and O–H groups in total. The molecule has 92 valence electrons. The van der Waals surface area contributed by atoms with Gasteiger partial charge in [0.05, 0.1) is 18.0 Å². The first-order valence-corrected chi connectivity index (χ1v) is 5.84. The van der Waals surface area contributed by atoms with Gasteiger partial charge in [0.25, 0.3) is 6.43 Å². The first kappa shape index (κ1) is 13.1. The predicted molar refractivity (Wildman–Crippen MR) is 52.5 cm³/mol. The molecule has 0 aromatic carbocycles. The van der Waals surface area contributed by atoms with Gasteiger partial charge in [-0.15, -0.1) is 0 Å². The average molecular weight is 254 g/mol. The summed E-state index contributed by atoms with van der Waals surface area (Å²) in [5.41, 5.74) is 0.309. The molecular weight excluding hydrogens is 242 g/mol. The van der Waals surface area contributed by atoms with Crippen LogP contribution in [0.2, 0.25) is 0 Å². The minimum Gasteiger partial charge on any atom is -0.390 e. The lowest BCUT2D eigenvalue weighted by Crippen LogP contribution is -2.31. The molecule has 0 saturated carbocycles. The molecule has 1 heterocycles. The Kier molecular flexibility index (Phi) is 4.00. The molecule has 0 unspecified atom stereocenters. The molecule has 16 heavy (non-hydrogen) atoms. The van der Waals surface area contributed by atoms with Crippen LogP contribution < -0.4 is 0 Å². The van der Waals surface area contributed by atoms with E-state index in [1.807, 2.05) is 0 Å². The molecule has 1 rings (SSSR count). The lowest BCUT2D eigenvalue weighted by Gasteiger charge is -2.15. The Morgan fingerprint density at radius 3 is 2.62 bits per heavy atom. The van der Waals surface area contributed by atoms with Crippen molar-refractivity contribution in [2.45, 2.75) is 17.9 Å². The zero-order valence-corrected chi connectivity index (χ0v) is 9.34. The largest absolute Gasteiger partial charge is 0.390 e. The van der Waals surface area contributed by atoms with Gasteiger partial charge in [0, 0.05) is 18.9 Å². The molecule has 5 nitrogen and oxygen atoms in total. The summed E-state index contributed by atoms with van der Waals surface area (Å²) >= 11 is 0. The summed E-state index contributed by atoms with van der Waals surface area (Å²) in [7, 11) is -2.84. The van der Waals surface area contributed by atoms with Crippen LogP contribution in [0, 0.1) is 0 Å². The maximum Gasteiger partial charge on any atom is 0.252 e. The van der Waals surface area contributed by atoms with Crippen molar-refractivity contribution in [2.75, 3.05) is 13.6 Å². The standard InChI is InChI=1S/C8H12F2N2O3S/c1-12(4-8(9)10)16(14,15)7-2-6(5-13)11-3-7/h2-3,8,11,13H,4-5H2,1H3. The third-order valence-corrected chi connectivity index (χ3v) is 3.79. The van der Waals surface area contributed by atoms with Crippen LogP contribution in [0.3, 0.4) is 0 Å². The van der Waals surface area contributed by atoms with E-state index in [1.165, 1.54) is 6.07 Å². The van der Waals surface area contributed by atoms with E-state index in [1.54, 1.807) is 0 Å². The summed E-state index contributed by atoms with van der Waals surface area (Å²) in [5, 5.41) is 8.74. The molecule has 0 aliphatic rings. The van der Waals surface area contributed by atoms with E-state index in [2.05, 4.69) is 4.98 Å². The Morgan fingerprint density at radius 2 is 2.19 bits per heavy atom. The molecule has 0 radical (unpaired) electrons. The fourth-order valence-electron chi connectivity index (χ4n) is 1.13. The lowest BCUT2D eigenvalue weighted by atomic mass is 10.5. The molecule has 0 bridgehead atoms. The van der Waals surface area contributed by atoms with E-state index < -0.39 is 23.0 Å². The molecule has 0 amide bonds. The van der Waals surface area contributed by atoms with Gasteiger partial charge in [0.15, 0.2) is 0 Å². The molecule has 0 aliphatic carbocycles. The zero-order valence-electron chi connectivity index (χ0n) is 8.52. The van der Waals surface area contributed by atoms with E-state index >= 15 is 0 Å². The van der Waals surface area contributed by atoms with Gasteiger partial charge in [-0.05, 0) is 6.07 Å². The van der Waals surface area contributed by atoms with Crippen molar-refractivity contribution in [3.05, 3.63) is 18.0 Å². The number of nitrogens with one attached hydrogen (secondary N) is 1. The summed E-state index contributed by atoms with van der Waals surface area (Å²) in [6, 6.07) is 1.21. The fraction of sp³-hybridized carbons (Fsp3) is 0.500. The highest BCUT2D eigenvalue weighted by molar-refractivity contribution is 7.89. The Bertz CT molecular complexity index is 444. The molecule has 8 heteroatoms. The maximum atomic E-state index is 12.0. The highest BCUT2D eigenvalue weighted by atomic mass is 32.2. The van der Waals surface area contributed by atoms with Crippen LogP contribution in [-0.2, 0) is 16.6 Å². The number of aromatic amines is 1. The molecule has 1 aromatic heterocycles. The number of sulfonamides is 1. The number of hydrogen-bond donors (Lipinski definition) is 2. The number of aliphatic hydroxyl groups excluding tert-OH is 1. The van der Waals surface area contributed by atoms with Gasteiger partial charge in [0.1, 0.15) is 0 Å². The van der Waals surface area contributed by atoms with Gasteiger partial charge in [-0.2, -0.15) is 4.31 Å². The molecule has 0 saturated heterocycles. The van der Waals surface area contributed by atoms with E-state index in [0.717, 1.165) is 13.2 Å². The summed E-state index contributed by atoms with van der Waals surface area (Å²) in [4.78, 5) is 2.39. The van der Waals surface area contributed by atoms with Crippen LogP contribution in [0.25, 0.3) is 0 Å². The van der Waals surface area contributed by atoms with Crippen LogP contribution in [0.4, 0.5) is 8.78 Å². The summed E-state index contributed by atoms with van der Waals surface area (Å²) in [6.45, 7) is -1.20. The van der Waals surface area contributed by atoms with Crippen LogP contribution in [0.1, 0.15) is 5.69 Å². The van der Waals surface area contributed by atoms with Gasteiger partial charge in [-0.1, -0.05) is 0 Å². The Labute approximate surface area is 91.7 Å².